The molecule has 1 aliphatic rings. The van der Waals surface area contributed by atoms with Gasteiger partial charge in [0.2, 0.25) is 0 Å². The summed E-state index contributed by atoms with van der Waals surface area (Å²) < 4.78 is 54.6. The van der Waals surface area contributed by atoms with Gasteiger partial charge < -0.3 is 0 Å². The van der Waals surface area contributed by atoms with Gasteiger partial charge in [0.25, 0.3) is 0 Å². The van der Waals surface area contributed by atoms with E-state index in [0.717, 1.165) is 17.1 Å². The first-order chi connectivity index (χ1) is 13.8. The molecule has 0 amide bonds. The minimum absolute atomic E-state index is 0.0706. The lowest BCUT2D eigenvalue weighted by molar-refractivity contribution is 0.340. The van der Waals surface area contributed by atoms with Crippen molar-refractivity contribution in [3.63, 3.8) is 0 Å². The van der Waals surface area contributed by atoms with Crippen LogP contribution in [-0.4, -0.2) is 16.8 Å². The van der Waals surface area contributed by atoms with E-state index in [2.05, 4.69) is 4.99 Å². The monoisotopic (exact) mass is 399 g/mol. The van der Waals surface area contributed by atoms with Crippen LogP contribution >= 0.6 is 0 Å². The SMILES string of the molecule is N#CC1=NC(Cc2ccc(F)cc2F)=C(Cc2ccc(F)cc2F)N(N)C1C#N. The van der Waals surface area contributed by atoms with E-state index >= 15 is 0 Å². The number of rotatable bonds is 4. The number of nitrogens with two attached hydrogens (primary N) is 1. The maximum Gasteiger partial charge on any atom is 0.183 e. The van der Waals surface area contributed by atoms with Gasteiger partial charge in [0.15, 0.2) is 11.8 Å². The van der Waals surface area contributed by atoms with E-state index in [0.29, 0.717) is 12.1 Å². The molecule has 0 radical (unpaired) electrons. The molecule has 3 rings (SSSR count). The lowest BCUT2D eigenvalue weighted by atomic mass is 9.99. The Morgan fingerprint density at radius 3 is 1.97 bits per heavy atom. The highest BCUT2D eigenvalue weighted by Crippen LogP contribution is 2.27. The molecule has 1 atom stereocenters. The third-order valence-electron chi connectivity index (χ3n) is 4.42. The number of hydrogen-bond donors (Lipinski definition) is 1. The van der Waals surface area contributed by atoms with Crippen molar-refractivity contribution in [3.05, 3.63) is 82.2 Å². The Kier molecular flexibility index (Phi) is 5.62. The molecular weight excluding hydrogens is 386 g/mol. The lowest BCUT2D eigenvalue weighted by Crippen LogP contribution is -2.47. The minimum Gasteiger partial charge on any atom is -0.289 e. The second-order valence-electron chi connectivity index (χ2n) is 6.27. The molecule has 0 saturated carbocycles. The molecule has 0 spiro atoms. The van der Waals surface area contributed by atoms with Gasteiger partial charge in [0, 0.05) is 25.0 Å². The van der Waals surface area contributed by atoms with Crippen molar-refractivity contribution in [2.24, 2.45) is 10.8 Å². The Morgan fingerprint density at radius 1 is 0.931 bits per heavy atom. The molecule has 0 aliphatic carbocycles. The van der Waals surface area contributed by atoms with Gasteiger partial charge in [-0.2, -0.15) is 10.5 Å². The summed E-state index contributed by atoms with van der Waals surface area (Å²) in [5, 5.41) is 19.6. The normalized spacial score (nSPS) is 16.3. The van der Waals surface area contributed by atoms with Crippen LogP contribution in [0.4, 0.5) is 17.6 Å². The summed E-state index contributed by atoms with van der Waals surface area (Å²) in [7, 11) is 0. The van der Waals surface area contributed by atoms with Crippen molar-refractivity contribution >= 4 is 5.71 Å². The van der Waals surface area contributed by atoms with Gasteiger partial charge in [-0.1, -0.05) is 12.1 Å². The molecule has 2 N–H and O–H groups in total. The topological polar surface area (TPSA) is 89.2 Å². The molecular formula is C20H13F4N5. The van der Waals surface area contributed by atoms with Crippen molar-refractivity contribution in [2.75, 3.05) is 0 Å². The van der Waals surface area contributed by atoms with Crippen LogP contribution < -0.4 is 5.84 Å². The smallest absolute Gasteiger partial charge is 0.183 e. The summed E-state index contributed by atoms with van der Waals surface area (Å²) in [5.74, 6) is 2.82. The largest absolute Gasteiger partial charge is 0.289 e. The Morgan fingerprint density at radius 2 is 1.48 bits per heavy atom. The molecule has 2 aromatic rings. The molecule has 5 nitrogen and oxygen atoms in total. The van der Waals surface area contributed by atoms with Crippen LogP contribution in [0.2, 0.25) is 0 Å². The van der Waals surface area contributed by atoms with Crippen LogP contribution in [0, 0.1) is 45.9 Å². The third kappa shape index (κ3) is 4.10. The summed E-state index contributed by atoms with van der Waals surface area (Å²) in [4.78, 5) is 4.12. The second-order valence-corrected chi connectivity index (χ2v) is 6.27. The number of benzene rings is 2. The lowest BCUT2D eigenvalue weighted by Gasteiger charge is -2.31. The number of nitrogens with zero attached hydrogens (tertiary/aromatic N) is 4. The zero-order valence-corrected chi connectivity index (χ0v) is 14.8. The predicted octanol–water partition coefficient (Wildman–Crippen LogP) is 3.29. The molecule has 29 heavy (non-hydrogen) atoms. The number of hydrazine groups is 1. The molecule has 0 fully saturated rings. The summed E-state index contributed by atoms with van der Waals surface area (Å²) >= 11 is 0. The standard InChI is InChI=1S/C20H13F4N5/c21-13-3-1-11(15(23)7-13)5-17-19(6-12-2-4-14(22)8-16(12)24)29(27)20(10-26)18(9-25)28-17/h1-4,7-8,20H,5-6,27H2. The van der Waals surface area contributed by atoms with Gasteiger partial charge in [-0.25, -0.2) is 28.4 Å². The molecule has 1 heterocycles. The van der Waals surface area contributed by atoms with E-state index in [1.807, 2.05) is 6.07 Å². The molecule has 0 bridgehead atoms. The van der Waals surface area contributed by atoms with Crippen LogP contribution in [0.3, 0.4) is 0 Å². The molecule has 0 saturated heterocycles. The van der Waals surface area contributed by atoms with Gasteiger partial charge >= 0.3 is 0 Å². The van der Waals surface area contributed by atoms with E-state index in [-0.39, 0.29) is 41.1 Å². The van der Waals surface area contributed by atoms with Crippen LogP contribution in [0.25, 0.3) is 0 Å². The first-order valence-electron chi connectivity index (χ1n) is 8.36. The highest BCUT2D eigenvalue weighted by atomic mass is 19.1. The third-order valence-corrected chi connectivity index (χ3v) is 4.42. The fourth-order valence-corrected chi connectivity index (χ4v) is 2.94. The fraction of sp³-hybridized carbons (Fsp3) is 0.150. The molecule has 2 aromatic carbocycles. The summed E-state index contributed by atoms with van der Waals surface area (Å²) in [6.45, 7) is 0. The van der Waals surface area contributed by atoms with E-state index in [1.54, 1.807) is 6.07 Å². The average molecular weight is 399 g/mol. The number of nitriles is 2. The van der Waals surface area contributed by atoms with E-state index < -0.39 is 29.3 Å². The first kappa shape index (κ1) is 20.1. The Bertz CT molecular complexity index is 1110. The van der Waals surface area contributed by atoms with Crippen LogP contribution in [0.5, 0.6) is 0 Å². The van der Waals surface area contributed by atoms with Crippen molar-refractivity contribution in [1.82, 2.24) is 5.01 Å². The number of halogens is 4. The summed E-state index contributed by atoms with van der Waals surface area (Å²) in [6.07, 6.45) is -0.359. The summed E-state index contributed by atoms with van der Waals surface area (Å²) in [5.41, 5.74) is 0.204. The summed E-state index contributed by atoms with van der Waals surface area (Å²) in [6, 6.07) is 8.34. The zero-order valence-electron chi connectivity index (χ0n) is 14.8. The Hall–Kier alpha value is -3.69. The van der Waals surface area contributed by atoms with Gasteiger partial charge in [-0.15, -0.1) is 0 Å². The molecule has 146 valence electrons. The first-order valence-corrected chi connectivity index (χ1v) is 8.36. The molecule has 1 aliphatic heterocycles. The number of allylic oxidation sites excluding steroid dienone is 2. The van der Waals surface area contributed by atoms with Gasteiger partial charge in [-0.05, 0) is 23.3 Å². The zero-order chi connectivity index (χ0) is 21.1. The maximum atomic E-state index is 14.1. The van der Waals surface area contributed by atoms with Gasteiger partial charge in [0.05, 0.1) is 17.5 Å². The highest BCUT2D eigenvalue weighted by molar-refractivity contribution is 6.05. The van der Waals surface area contributed by atoms with E-state index in [1.165, 1.54) is 12.1 Å². The molecule has 1 unspecified atom stereocenters. The maximum absolute atomic E-state index is 14.1. The van der Waals surface area contributed by atoms with Gasteiger partial charge in [0.1, 0.15) is 29.3 Å². The minimum atomic E-state index is -1.22. The van der Waals surface area contributed by atoms with E-state index in [9.17, 15) is 28.1 Å². The van der Waals surface area contributed by atoms with Gasteiger partial charge in [-0.3, -0.25) is 5.01 Å². The van der Waals surface area contributed by atoms with Crippen LogP contribution in [-0.2, 0) is 12.8 Å². The van der Waals surface area contributed by atoms with Crippen molar-refractivity contribution in [3.8, 4) is 12.1 Å². The molecule has 0 aromatic heterocycles. The number of aliphatic imine (C=N–C) groups is 1. The second kappa shape index (κ2) is 8.13. The quantitative estimate of drug-likeness (QED) is 0.631. The number of hydrogen-bond acceptors (Lipinski definition) is 5. The van der Waals surface area contributed by atoms with E-state index in [4.69, 9.17) is 5.84 Å². The average Bonchev–Trinajstić information content (AvgIpc) is 2.67. The molecule has 9 heteroatoms. The Balaban J connectivity index is 2.10. The van der Waals surface area contributed by atoms with Crippen molar-refractivity contribution in [2.45, 2.75) is 18.9 Å². The van der Waals surface area contributed by atoms with Crippen molar-refractivity contribution in [1.29, 1.82) is 10.5 Å². The highest BCUT2D eigenvalue weighted by Gasteiger charge is 2.31. The Labute approximate surface area is 163 Å². The fourth-order valence-electron chi connectivity index (χ4n) is 2.94. The van der Waals surface area contributed by atoms with Crippen LogP contribution in [0.15, 0.2) is 52.8 Å². The predicted molar refractivity (Wildman–Crippen MR) is 95.6 cm³/mol. The van der Waals surface area contributed by atoms with Crippen LogP contribution in [0.1, 0.15) is 11.1 Å². The van der Waals surface area contributed by atoms with Crippen molar-refractivity contribution < 1.29 is 17.6 Å².